The van der Waals surface area contributed by atoms with Crippen LogP contribution < -0.4 is 23.7 Å². The first-order valence-electron chi connectivity index (χ1n) is 8.08. The molecule has 2 aromatic carbocycles. The van der Waals surface area contributed by atoms with Crippen LogP contribution in [0.15, 0.2) is 41.3 Å². The van der Waals surface area contributed by atoms with Crippen LogP contribution in [0.1, 0.15) is 18.5 Å². The zero-order chi connectivity index (χ0) is 18.7. The fourth-order valence-electron chi connectivity index (χ4n) is 2.68. The van der Waals surface area contributed by atoms with Gasteiger partial charge in [-0.3, -0.25) is 0 Å². The lowest BCUT2D eigenvalue weighted by molar-refractivity contribution is 0.171. The Labute approximate surface area is 152 Å². The topological polar surface area (TPSA) is 83.1 Å². The molecule has 8 heteroatoms. The van der Waals surface area contributed by atoms with Crippen LogP contribution in [0.3, 0.4) is 0 Å². The highest BCUT2D eigenvalue weighted by Crippen LogP contribution is 2.33. The Morgan fingerprint density at radius 3 is 2.35 bits per heavy atom. The molecule has 1 heterocycles. The number of ether oxygens (including phenoxy) is 4. The number of hydrogen-bond donors (Lipinski definition) is 1. The summed E-state index contributed by atoms with van der Waals surface area (Å²) in [5.74, 6) is 2.09. The Hall–Kier alpha value is -2.45. The first-order valence-corrected chi connectivity index (χ1v) is 9.57. The Balaban J connectivity index is 1.83. The molecule has 2 aromatic rings. The smallest absolute Gasteiger partial charge is 0.241 e. The van der Waals surface area contributed by atoms with Crippen molar-refractivity contribution in [2.75, 3.05) is 27.4 Å². The monoisotopic (exact) mass is 379 g/mol. The van der Waals surface area contributed by atoms with Crippen LogP contribution in [0.5, 0.6) is 23.0 Å². The van der Waals surface area contributed by atoms with Gasteiger partial charge in [0.15, 0.2) is 23.0 Å². The van der Waals surface area contributed by atoms with E-state index in [2.05, 4.69) is 4.72 Å². The standard InChI is InChI=1S/C18H21NO6S/c1-12(13-4-6-15(22-2)17(10-13)23-3)19-26(20,21)14-5-7-16-18(11-14)25-9-8-24-16/h4-7,10-12,19H,8-9H2,1-3H3. The van der Waals surface area contributed by atoms with E-state index in [1.54, 1.807) is 38.3 Å². The Morgan fingerprint density at radius 2 is 1.65 bits per heavy atom. The lowest BCUT2D eigenvalue weighted by Crippen LogP contribution is -2.27. The second-order valence-electron chi connectivity index (χ2n) is 5.76. The normalized spacial score (nSPS) is 14.6. The van der Waals surface area contributed by atoms with Crippen molar-refractivity contribution in [3.8, 4) is 23.0 Å². The van der Waals surface area contributed by atoms with Gasteiger partial charge in [-0.1, -0.05) is 6.07 Å². The third-order valence-corrected chi connectivity index (χ3v) is 5.60. The molecular formula is C18H21NO6S. The number of hydrogen-bond acceptors (Lipinski definition) is 6. The van der Waals surface area contributed by atoms with E-state index in [1.807, 2.05) is 0 Å². The molecule has 26 heavy (non-hydrogen) atoms. The molecule has 0 fully saturated rings. The zero-order valence-corrected chi connectivity index (χ0v) is 15.6. The van der Waals surface area contributed by atoms with E-state index < -0.39 is 16.1 Å². The van der Waals surface area contributed by atoms with Gasteiger partial charge in [0.25, 0.3) is 0 Å². The average Bonchev–Trinajstić information content (AvgIpc) is 2.66. The van der Waals surface area contributed by atoms with E-state index in [4.69, 9.17) is 18.9 Å². The number of methoxy groups -OCH3 is 2. The summed E-state index contributed by atoms with van der Waals surface area (Å²) in [5.41, 5.74) is 0.753. The summed E-state index contributed by atoms with van der Waals surface area (Å²) in [6.45, 7) is 2.61. The minimum Gasteiger partial charge on any atom is -0.493 e. The van der Waals surface area contributed by atoms with Crippen LogP contribution in [0.4, 0.5) is 0 Å². The summed E-state index contributed by atoms with van der Waals surface area (Å²) in [4.78, 5) is 0.120. The molecule has 1 atom stereocenters. The van der Waals surface area contributed by atoms with E-state index in [0.717, 1.165) is 5.56 Å². The quantitative estimate of drug-likeness (QED) is 0.830. The van der Waals surface area contributed by atoms with Crippen molar-refractivity contribution in [3.05, 3.63) is 42.0 Å². The number of benzene rings is 2. The lowest BCUT2D eigenvalue weighted by atomic mass is 10.1. The largest absolute Gasteiger partial charge is 0.493 e. The van der Waals surface area contributed by atoms with Crippen molar-refractivity contribution < 1.29 is 27.4 Å². The van der Waals surface area contributed by atoms with Gasteiger partial charge in [0.2, 0.25) is 10.0 Å². The van der Waals surface area contributed by atoms with Crippen molar-refractivity contribution >= 4 is 10.0 Å². The Kier molecular flexibility index (Phi) is 5.24. The Morgan fingerprint density at radius 1 is 0.962 bits per heavy atom. The average molecular weight is 379 g/mol. The summed E-state index contributed by atoms with van der Waals surface area (Å²) in [6.07, 6.45) is 0. The van der Waals surface area contributed by atoms with Crippen molar-refractivity contribution in [3.63, 3.8) is 0 Å². The highest BCUT2D eigenvalue weighted by molar-refractivity contribution is 7.89. The maximum Gasteiger partial charge on any atom is 0.241 e. The van der Waals surface area contributed by atoms with Gasteiger partial charge in [-0.05, 0) is 36.8 Å². The lowest BCUT2D eigenvalue weighted by Gasteiger charge is -2.20. The molecular weight excluding hydrogens is 358 g/mol. The van der Waals surface area contributed by atoms with Crippen LogP contribution >= 0.6 is 0 Å². The van der Waals surface area contributed by atoms with Gasteiger partial charge in [0, 0.05) is 12.1 Å². The van der Waals surface area contributed by atoms with Gasteiger partial charge in [-0.15, -0.1) is 0 Å². The molecule has 0 amide bonds. The third kappa shape index (κ3) is 3.71. The van der Waals surface area contributed by atoms with Gasteiger partial charge in [0.05, 0.1) is 19.1 Å². The molecule has 0 aliphatic carbocycles. The second-order valence-corrected chi connectivity index (χ2v) is 7.48. The molecule has 0 saturated carbocycles. The predicted molar refractivity (Wildman–Crippen MR) is 95.7 cm³/mol. The molecule has 1 aliphatic rings. The van der Waals surface area contributed by atoms with Crippen LogP contribution in [0, 0.1) is 0 Å². The van der Waals surface area contributed by atoms with Gasteiger partial charge >= 0.3 is 0 Å². The molecule has 3 rings (SSSR count). The molecule has 1 unspecified atom stereocenters. The third-order valence-electron chi connectivity index (χ3n) is 4.06. The summed E-state index contributed by atoms with van der Waals surface area (Å²) in [7, 11) is -0.653. The van der Waals surface area contributed by atoms with Crippen molar-refractivity contribution in [1.82, 2.24) is 4.72 Å². The first kappa shape index (κ1) is 18.3. The second kappa shape index (κ2) is 7.43. The van der Waals surface area contributed by atoms with Crippen molar-refractivity contribution in [2.24, 2.45) is 0 Å². The number of rotatable bonds is 6. The fourth-order valence-corrected chi connectivity index (χ4v) is 3.93. The van der Waals surface area contributed by atoms with Crippen molar-refractivity contribution in [2.45, 2.75) is 17.9 Å². The number of fused-ring (bicyclic) bond motifs is 1. The van der Waals surface area contributed by atoms with E-state index in [-0.39, 0.29) is 4.90 Å². The minimum atomic E-state index is -3.73. The maximum absolute atomic E-state index is 12.7. The molecule has 1 aliphatic heterocycles. The number of nitrogens with one attached hydrogen (secondary N) is 1. The first-order chi connectivity index (χ1) is 12.4. The number of sulfonamides is 1. The maximum atomic E-state index is 12.7. The van der Waals surface area contributed by atoms with E-state index in [9.17, 15) is 8.42 Å². The van der Waals surface area contributed by atoms with E-state index in [0.29, 0.717) is 36.2 Å². The van der Waals surface area contributed by atoms with Gasteiger partial charge in [0.1, 0.15) is 13.2 Å². The SMILES string of the molecule is COc1ccc(C(C)NS(=O)(=O)c2ccc3c(c2)OCCO3)cc1OC. The molecule has 1 N–H and O–H groups in total. The van der Waals surface area contributed by atoms with Crippen LogP contribution in [0.25, 0.3) is 0 Å². The van der Waals surface area contributed by atoms with E-state index >= 15 is 0 Å². The van der Waals surface area contributed by atoms with Crippen molar-refractivity contribution in [1.29, 1.82) is 0 Å². The van der Waals surface area contributed by atoms with Gasteiger partial charge in [-0.2, -0.15) is 0 Å². The highest BCUT2D eigenvalue weighted by atomic mass is 32.2. The summed E-state index contributed by atoms with van der Waals surface area (Å²) < 4.78 is 49.5. The van der Waals surface area contributed by atoms with Crippen LogP contribution in [-0.4, -0.2) is 35.9 Å². The Bertz CT molecular complexity index is 897. The van der Waals surface area contributed by atoms with Crippen LogP contribution in [0.2, 0.25) is 0 Å². The molecule has 140 valence electrons. The summed E-state index contributed by atoms with van der Waals surface area (Å²) in [6, 6.07) is 9.38. The van der Waals surface area contributed by atoms with E-state index in [1.165, 1.54) is 19.2 Å². The molecule has 0 bridgehead atoms. The molecule has 0 saturated heterocycles. The highest BCUT2D eigenvalue weighted by Gasteiger charge is 2.22. The van der Waals surface area contributed by atoms with Gasteiger partial charge < -0.3 is 18.9 Å². The summed E-state index contributed by atoms with van der Waals surface area (Å²) >= 11 is 0. The molecule has 0 aromatic heterocycles. The predicted octanol–water partition coefficient (Wildman–Crippen LogP) is 2.51. The molecule has 7 nitrogen and oxygen atoms in total. The molecule has 0 spiro atoms. The zero-order valence-electron chi connectivity index (χ0n) is 14.8. The summed E-state index contributed by atoms with van der Waals surface area (Å²) in [5, 5.41) is 0. The van der Waals surface area contributed by atoms with Crippen LogP contribution in [-0.2, 0) is 10.0 Å². The fraction of sp³-hybridized carbons (Fsp3) is 0.333. The molecule has 0 radical (unpaired) electrons. The van der Waals surface area contributed by atoms with Gasteiger partial charge in [-0.25, -0.2) is 13.1 Å². The minimum absolute atomic E-state index is 0.120.